The molecule has 0 aliphatic carbocycles. The highest BCUT2D eigenvalue weighted by molar-refractivity contribution is 9.10. The predicted octanol–water partition coefficient (Wildman–Crippen LogP) is 5.15. The number of halogens is 3. The van der Waals surface area contributed by atoms with Crippen molar-refractivity contribution in [2.24, 2.45) is 0 Å². The van der Waals surface area contributed by atoms with E-state index in [9.17, 15) is 4.39 Å². The first-order chi connectivity index (χ1) is 10.1. The Labute approximate surface area is 133 Å². The highest BCUT2D eigenvalue weighted by Crippen LogP contribution is 2.42. The van der Waals surface area contributed by atoms with Crippen LogP contribution in [0.15, 0.2) is 51.5 Å². The molecule has 2 N–H and O–H groups in total. The monoisotopic (exact) mass is 366 g/mol. The Bertz CT molecular complexity index is 799. The van der Waals surface area contributed by atoms with Gasteiger partial charge >= 0.3 is 0 Å². The van der Waals surface area contributed by atoms with Crippen LogP contribution in [0.5, 0.6) is 0 Å². The predicted molar refractivity (Wildman–Crippen MR) is 84.5 cm³/mol. The summed E-state index contributed by atoms with van der Waals surface area (Å²) < 4.78 is 19.9. The number of hydrogen-bond donors (Lipinski definition) is 1. The lowest BCUT2D eigenvalue weighted by Crippen LogP contribution is -1.91. The van der Waals surface area contributed by atoms with E-state index in [0.29, 0.717) is 20.6 Å². The molecule has 0 spiro atoms. The molecule has 106 valence electrons. The lowest BCUT2D eigenvalue weighted by molar-refractivity contribution is 0.433. The summed E-state index contributed by atoms with van der Waals surface area (Å²) >= 11 is 9.51. The number of aromatic nitrogens is 1. The summed E-state index contributed by atoms with van der Waals surface area (Å²) in [7, 11) is 0. The zero-order valence-corrected chi connectivity index (χ0v) is 13.0. The van der Waals surface area contributed by atoms with E-state index < -0.39 is 5.82 Å². The van der Waals surface area contributed by atoms with E-state index >= 15 is 0 Å². The van der Waals surface area contributed by atoms with Gasteiger partial charge in [0.15, 0.2) is 11.6 Å². The van der Waals surface area contributed by atoms with Crippen LogP contribution in [-0.4, -0.2) is 5.16 Å². The van der Waals surface area contributed by atoms with Gasteiger partial charge in [-0.05, 0) is 34.1 Å². The summed E-state index contributed by atoms with van der Waals surface area (Å²) in [5, 5.41) is 4.24. The maximum atomic E-state index is 14.2. The molecule has 2 aromatic carbocycles. The summed E-state index contributed by atoms with van der Waals surface area (Å²) in [4.78, 5) is 0. The van der Waals surface area contributed by atoms with E-state index in [4.69, 9.17) is 21.9 Å². The van der Waals surface area contributed by atoms with Gasteiger partial charge in [-0.2, -0.15) is 0 Å². The van der Waals surface area contributed by atoms with E-state index in [2.05, 4.69) is 21.1 Å². The summed E-state index contributed by atoms with van der Waals surface area (Å²) in [5.41, 5.74) is 7.26. The number of hydrogen-bond acceptors (Lipinski definition) is 3. The highest BCUT2D eigenvalue weighted by Gasteiger charge is 2.23. The van der Waals surface area contributed by atoms with Crippen molar-refractivity contribution in [3.8, 4) is 22.5 Å². The molecular formula is C15H9BrClFN2O. The Morgan fingerprint density at radius 2 is 1.86 bits per heavy atom. The van der Waals surface area contributed by atoms with Gasteiger partial charge < -0.3 is 10.3 Å². The van der Waals surface area contributed by atoms with E-state index in [1.165, 1.54) is 6.07 Å². The minimum absolute atomic E-state index is 0.160. The van der Waals surface area contributed by atoms with Crippen molar-refractivity contribution in [2.45, 2.75) is 0 Å². The number of nitrogen functional groups attached to an aromatic ring is 1. The van der Waals surface area contributed by atoms with Gasteiger partial charge in [0, 0.05) is 15.1 Å². The first-order valence-corrected chi connectivity index (χ1v) is 7.21. The lowest BCUT2D eigenvalue weighted by Gasteiger charge is -2.07. The van der Waals surface area contributed by atoms with Crippen LogP contribution in [0.25, 0.3) is 22.5 Å². The second kappa shape index (κ2) is 5.50. The van der Waals surface area contributed by atoms with E-state index in [-0.39, 0.29) is 17.1 Å². The molecule has 0 aliphatic heterocycles. The van der Waals surface area contributed by atoms with Gasteiger partial charge in [-0.25, -0.2) is 4.39 Å². The smallest absolute Gasteiger partial charge is 0.181 e. The normalized spacial score (nSPS) is 10.8. The molecule has 0 amide bonds. The Morgan fingerprint density at radius 1 is 1.10 bits per heavy atom. The largest absolute Gasteiger partial charge is 0.380 e. The molecule has 0 saturated heterocycles. The second-order valence-electron chi connectivity index (χ2n) is 4.35. The van der Waals surface area contributed by atoms with Gasteiger partial charge in [0.1, 0.15) is 5.82 Å². The van der Waals surface area contributed by atoms with Crippen LogP contribution in [0.4, 0.5) is 10.2 Å². The second-order valence-corrected chi connectivity index (χ2v) is 5.61. The summed E-state index contributed by atoms with van der Waals surface area (Å²) in [6.45, 7) is 0. The lowest BCUT2D eigenvalue weighted by atomic mass is 10.0. The Morgan fingerprint density at radius 3 is 2.57 bits per heavy atom. The third-order valence-electron chi connectivity index (χ3n) is 3.05. The van der Waals surface area contributed by atoms with E-state index in [1.807, 2.05) is 6.07 Å². The first-order valence-electron chi connectivity index (χ1n) is 6.04. The van der Waals surface area contributed by atoms with Crippen molar-refractivity contribution in [1.82, 2.24) is 5.16 Å². The molecule has 6 heteroatoms. The molecule has 0 saturated carbocycles. The van der Waals surface area contributed by atoms with E-state index in [0.717, 1.165) is 0 Å². The van der Waals surface area contributed by atoms with Crippen molar-refractivity contribution in [3.05, 3.63) is 57.8 Å². The zero-order chi connectivity index (χ0) is 15.0. The number of benzene rings is 2. The minimum Gasteiger partial charge on any atom is -0.380 e. The fraction of sp³-hybridized carbons (Fsp3) is 0. The molecule has 0 radical (unpaired) electrons. The quantitative estimate of drug-likeness (QED) is 0.682. The SMILES string of the molecule is Nc1noc(-c2c(F)cccc2Br)c1-c1ccccc1Cl. The van der Waals surface area contributed by atoms with Crippen LogP contribution in [0.3, 0.4) is 0 Å². The molecule has 0 atom stereocenters. The maximum absolute atomic E-state index is 14.2. The fourth-order valence-corrected chi connectivity index (χ4v) is 2.86. The van der Waals surface area contributed by atoms with Crippen LogP contribution >= 0.6 is 27.5 Å². The maximum Gasteiger partial charge on any atom is 0.181 e. The van der Waals surface area contributed by atoms with Gasteiger partial charge in [-0.15, -0.1) is 0 Å². The number of anilines is 1. The van der Waals surface area contributed by atoms with Crippen LogP contribution in [0.1, 0.15) is 0 Å². The van der Waals surface area contributed by atoms with E-state index in [1.54, 1.807) is 30.3 Å². The molecule has 3 nitrogen and oxygen atoms in total. The summed E-state index contributed by atoms with van der Waals surface area (Å²) in [5.74, 6) is -0.0346. The fourth-order valence-electron chi connectivity index (χ4n) is 2.11. The standard InChI is InChI=1S/C15H9BrClFN2O/c16-9-5-3-7-11(18)13(9)14-12(15(19)20-21-14)8-4-1-2-6-10(8)17/h1-7H,(H2,19,20). The molecule has 0 unspecified atom stereocenters. The average Bonchev–Trinajstić information content (AvgIpc) is 2.81. The summed E-state index contributed by atoms with van der Waals surface area (Å²) in [6.07, 6.45) is 0. The van der Waals surface area contributed by atoms with Gasteiger partial charge in [0.05, 0.1) is 11.1 Å². The molecule has 3 aromatic rings. The minimum atomic E-state index is -0.436. The number of nitrogens with zero attached hydrogens (tertiary/aromatic N) is 1. The van der Waals surface area contributed by atoms with Crippen molar-refractivity contribution >= 4 is 33.3 Å². The van der Waals surface area contributed by atoms with Gasteiger partial charge in [-0.1, -0.05) is 41.0 Å². The average molecular weight is 368 g/mol. The molecule has 21 heavy (non-hydrogen) atoms. The van der Waals surface area contributed by atoms with Crippen molar-refractivity contribution in [1.29, 1.82) is 0 Å². The molecule has 3 rings (SSSR count). The molecule has 0 bridgehead atoms. The van der Waals surface area contributed by atoms with Gasteiger partial charge in [0.2, 0.25) is 0 Å². The number of rotatable bonds is 2. The molecule has 1 heterocycles. The third kappa shape index (κ3) is 2.43. The first kappa shape index (κ1) is 14.1. The molecule has 0 aliphatic rings. The Balaban J connectivity index is 2.31. The Kier molecular flexibility index (Phi) is 3.69. The molecular weight excluding hydrogens is 359 g/mol. The van der Waals surface area contributed by atoms with Crippen LogP contribution in [0.2, 0.25) is 5.02 Å². The Hall–Kier alpha value is -1.85. The molecule has 0 fully saturated rings. The topological polar surface area (TPSA) is 52.0 Å². The van der Waals surface area contributed by atoms with Crippen molar-refractivity contribution in [3.63, 3.8) is 0 Å². The third-order valence-corrected chi connectivity index (χ3v) is 4.04. The van der Waals surface area contributed by atoms with Crippen LogP contribution < -0.4 is 5.73 Å². The van der Waals surface area contributed by atoms with Crippen molar-refractivity contribution < 1.29 is 8.91 Å². The summed E-state index contributed by atoms with van der Waals surface area (Å²) in [6, 6.07) is 11.8. The van der Waals surface area contributed by atoms with Gasteiger partial charge in [0.25, 0.3) is 0 Å². The van der Waals surface area contributed by atoms with Crippen molar-refractivity contribution in [2.75, 3.05) is 5.73 Å². The highest BCUT2D eigenvalue weighted by atomic mass is 79.9. The molecule has 1 aromatic heterocycles. The van der Waals surface area contributed by atoms with Gasteiger partial charge in [-0.3, -0.25) is 0 Å². The zero-order valence-electron chi connectivity index (χ0n) is 10.6. The number of nitrogens with two attached hydrogens (primary N) is 1. The van der Waals surface area contributed by atoms with Crippen LogP contribution in [-0.2, 0) is 0 Å². The van der Waals surface area contributed by atoms with Crippen LogP contribution in [0, 0.1) is 5.82 Å².